The largest absolute Gasteiger partial charge is 0.508 e. The fourth-order valence-corrected chi connectivity index (χ4v) is 1.56. The van der Waals surface area contributed by atoms with Crippen LogP contribution in [-0.2, 0) is 4.74 Å². The van der Waals surface area contributed by atoms with Crippen molar-refractivity contribution in [2.75, 3.05) is 6.61 Å². The summed E-state index contributed by atoms with van der Waals surface area (Å²) in [5.74, 6) is 0.415. The molecule has 0 saturated carbocycles. The quantitative estimate of drug-likeness (QED) is 0.699. The van der Waals surface area contributed by atoms with Crippen LogP contribution in [0, 0.1) is 0 Å². The monoisotopic (exact) mass is 196 g/mol. The molecular weight excluding hydrogens is 176 g/mol. The van der Waals surface area contributed by atoms with Crippen molar-refractivity contribution in [2.24, 2.45) is 0 Å². The fourth-order valence-electron chi connectivity index (χ4n) is 1.56. The Morgan fingerprint density at radius 1 is 1.50 bits per heavy atom. The first-order valence-electron chi connectivity index (χ1n) is 5.35. The molecule has 1 atom stereocenters. The van der Waals surface area contributed by atoms with E-state index >= 15 is 0 Å². The minimum absolute atomic E-state index is 0.178. The Kier molecular flexibility index (Phi) is 4.21. The van der Waals surface area contributed by atoms with E-state index in [0.29, 0.717) is 5.76 Å². The summed E-state index contributed by atoms with van der Waals surface area (Å²) in [6.07, 6.45) is 5.10. The number of unbranched alkanes of at least 4 members (excludes halogenated alkanes) is 1. The zero-order valence-corrected chi connectivity index (χ0v) is 9.34. The van der Waals surface area contributed by atoms with Gasteiger partial charge in [-0.05, 0) is 43.9 Å². The van der Waals surface area contributed by atoms with Gasteiger partial charge >= 0.3 is 0 Å². The van der Waals surface area contributed by atoms with Crippen LogP contribution in [0.4, 0.5) is 0 Å². The van der Waals surface area contributed by atoms with E-state index in [-0.39, 0.29) is 6.10 Å². The highest BCUT2D eigenvalue weighted by molar-refractivity contribution is 5.33. The Morgan fingerprint density at radius 3 is 2.86 bits per heavy atom. The lowest BCUT2D eigenvalue weighted by Gasteiger charge is -2.23. The highest BCUT2D eigenvalue weighted by Crippen LogP contribution is 2.25. The third-order valence-electron chi connectivity index (χ3n) is 2.80. The molecule has 0 saturated heterocycles. The van der Waals surface area contributed by atoms with E-state index in [1.165, 1.54) is 5.57 Å². The van der Waals surface area contributed by atoms with Gasteiger partial charge in [-0.15, -0.1) is 0 Å². The molecule has 0 aromatic heterocycles. The summed E-state index contributed by atoms with van der Waals surface area (Å²) in [5.41, 5.74) is 2.14. The van der Waals surface area contributed by atoms with Crippen LogP contribution >= 0.6 is 0 Å². The number of hydrogen-bond donors (Lipinski definition) is 1. The molecular formula is C12H20O2. The molecule has 0 bridgehead atoms. The lowest BCUT2D eigenvalue weighted by Crippen LogP contribution is -2.19. The second kappa shape index (κ2) is 5.20. The average Bonchev–Trinajstić information content (AvgIpc) is 2.18. The first kappa shape index (κ1) is 11.3. The number of aliphatic hydroxyl groups excluding tert-OH is 1. The second-order valence-electron chi connectivity index (χ2n) is 3.85. The summed E-state index contributed by atoms with van der Waals surface area (Å²) in [7, 11) is 0. The van der Waals surface area contributed by atoms with Crippen molar-refractivity contribution in [1.29, 1.82) is 0 Å². The van der Waals surface area contributed by atoms with Crippen molar-refractivity contribution in [3.05, 3.63) is 23.0 Å². The molecule has 0 heterocycles. The van der Waals surface area contributed by atoms with Crippen LogP contribution < -0.4 is 0 Å². The number of hydrogen-bond acceptors (Lipinski definition) is 2. The van der Waals surface area contributed by atoms with E-state index in [0.717, 1.165) is 31.4 Å². The topological polar surface area (TPSA) is 29.5 Å². The first-order chi connectivity index (χ1) is 6.66. The standard InChI is InChI=1S/C12H20O2/c1-4-5-8-14-12-7-6-11(13)9(2)10(12)3/h6,12-13H,4-5,7-8H2,1-3H3. The van der Waals surface area contributed by atoms with E-state index in [1.807, 2.05) is 19.9 Å². The molecule has 2 nitrogen and oxygen atoms in total. The molecule has 0 fully saturated rings. The number of allylic oxidation sites excluding steroid dienone is 1. The van der Waals surface area contributed by atoms with Crippen LogP contribution in [0.1, 0.15) is 40.0 Å². The molecule has 0 spiro atoms. The van der Waals surface area contributed by atoms with E-state index in [2.05, 4.69) is 6.92 Å². The molecule has 1 N–H and O–H groups in total. The van der Waals surface area contributed by atoms with Gasteiger partial charge < -0.3 is 9.84 Å². The van der Waals surface area contributed by atoms with Crippen molar-refractivity contribution in [2.45, 2.75) is 46.1 Å². The molecule has 1 aliphatic rings. The number of rotatable bonds is 4. The van der Waals surface area contributed by atoms with Crippen LogP contribution in [0.2, 0.25) is 0 Å². The maximum atomic E-state index is 9.49. The molecule has 0 radical (unpaired) electrons. The number of aliphatic hydroxyl groups is 1. The zero-order valence-electron chi connectivity index (χ0n) is 9.34. The van der Waals surface area contributed by atoms with E-state index in [9.17, 15) is 5.11 Å². The Labute approximate surface area is 86.3 Å². The van der Waals surface area contributed by atoms with E-state index in [4.69, 9.17) is 4.74 Å². The summed E-state index contributed by atoms with van der Waals surface area (Å²) >= 11 is 0. The Bertz CT molecular complexity index is 251. The summed E-state index contributed by atoms with van der Waals surface area (Å²) in [4.78, 5) is 0. The van der Waals surface area contributed by atoms with Gasteiger partial charge in [-0.2, -0.15) is 0 Å². The van der Waals surface area contributed by atoms with Gasteiger partial charge in [0.05, 0.1) is 6.10 Å². The minimum atomic E-state index is 0.178. The van der Waals surface area contributed by atoms with Gasteiger partial charge in [0.2, 0.25) is 0 Å². The van der Waals surface area contributed by atoms with Crippen molar-refractivity contribution < 1.29 is 9.84 Å². The Hall–Kier alpha value is -0.760. The van der Waals surface area contributed by atoms with Crippen LogP contribution in [-0.4, -0.2) is 17.8 Å². The molecule has 14 heavy (non-hydrogen) atoms. The average molecular weight is 196 g/mol. The summed E-state index contributed by atoms with van der Waals surface area (Å²) in [5, 5.41) is 9.49. The third-order valence-corrected chi connectivity index (χ3v) is 2.80. The van der Waals surface area contributed by atoms with Crippen molar-refractivity contribution in [1.82, 2.24) is 0 Å². The van der Waals surface area contributed by atoms with Gasteiger partial charge in [0.15, 0.2) is 0 Å². The van der Waals surface area contributed by atoms with Gasteiger partial charge in [0, 0.05) is 6.61 Å². The Morgan fingerprint density at radius 2 is 2.21 bits per heavy atom. The first-order valence-corrected chi connectivity index (χ1v) is 5.35. The zero-order chi connectivity index (χ0) is 10.6. The molecule has 0 aromatic carbocycles. The van der Waals surface area contributed by atoms with Crippen molar-refractivity contribution in [3.63, 3.8) is 0 Å². The predicted molar refractivity (Wildman–Crippen MR) is 58.4 cm³/mol. The van der Waals surface area contributed by atoms with Gasteiger partial charge in [-0.3, -0.25) is 0 Å². The number of ether oxygens (including phenoxy) is 1. The molecule has 2 heteroatoms. The molecule has 1 aliphatic carbocycles. The summed E-state index contributed by atoms with van der Waals surface area (Å²) < 4.78 is 5.74. The third kappa shape index (κ3) is 2.61. The highest BCUT2D eigenvalue weighted by atomic mass is 16.5. The highest BCUT2D eigenvalue weighted by Gasteiger charge is 2.18. The van der Waals surface area contributed by atoms with Gasteiger partial charge in [-0.25, -0.2) is 0 Å². The van der Waals surface area contributed by atoms with Gasteiger partial charge in [0.25, 0.3) is 0 Å². The normalized spacial score (nSPS) is 22.5. The lowest BCUT2D eigenvalue weighted by atomic mass is 9.96. The molecule has 0 aliphatic heterocycles. The maximum absolute atomic E-state index is 9.49. The van der Waals surface area contributed by atoms with E-state index < -0.39 is 0 Å². The summed E-state index contributed by atoms with van der Waals surface area (Å²) in [6, 6.07) is 0. The van der Waals surface area contributed by atoms with Crippen LogP contribution in [0.3, 0.4) is 0 Å². The lowest BCUT2D eigenvalue weighted by molar-refractivity contribution is 0.0742. The van der Waals surface area contributed by atoms with E-state index in [1.54, 1.807) is 0 Å². The second-order valence-corrected chi connectivity index (χ2v) is 3.85. The van der Waals surface area contributed by atoms with Crippen molar-refractivity contribution in [3.8, 4) is 0 Å². The SMILES string of the molecule is CCCCOC1CC=C(O)C(C)=C1C. The molecule has 0 amide bonds. The molecule has 0 aromatic rings. The fraction of sp³-hybridized carbons (Fsp3) is 0.667. The summed E-state index contributed by atoms with van der Waals surface area (Å²) in [6.45, 7) is 6.95. The van der Waals surface area contributed by atoms with Crippen molar-refractivity contribution >= 4 is 0 Å². The van der Waals surface area contributed by atoms with Crippen LogP contribution in [0.25, 0.3) is 0 Å². The molecule has 80 valence electrons. The molecule has 1 rings (SSSR count). The van der Waals surface area contributed by atoms with Crippen LogP contribution in [0.5, 0.6) is 0 Å². The minimum Gasteiger partial charge on any atom is -0.508 e. The smallest absolute Gasteiger partial charge is 0.114 e. The predicted octanol–water partition coefficient (Wildman–Crippen LogP) is 3.35. The van der Waals surface area contributed by atoms with Gasteiger partial charge in [-0.1, -0.05) is 13.3 Å². The maximum Gasteiger partial charge on any atom is 0.114 e. The Balaban J connectivity index is 2.50. The molecule has 1 unspecified atom stereocenters. The van der Waals surface area contributed by atoms with Gasteiger partial charge in [0.1, 0.15) is 5.76 Å². The van der Waals surface area contributed by atoms with Crippen LogP contribution in [0.15, 0.2) is 23.0 Å².